The fourth-order valence-corrected chi connectivity index (χ4v) is 2.86. The molecule has 3 N–H and O–H groups in total. The molecular formula is C14H21N3S. The van der Waals surface area contributed by atoms with E-state index in [9.17, 15) is 0 Å². The van der Waals surface area contributed by atoms with Gasteiger partial charge in [-0.05, 0) is 37.8 Å². The Kier molecular flexibility index (Phi) is 4.96. The van der Waals surface area contributed by atoms with Crippen molar-refractivity contribution in [2.45, 2.75) is 39.0 Å². The molecule has 0 atom stereocenters. The van der Waals surface area contributed by atoms with Crippen LogP contribution in [-0.4, -0.2) is 16.5 Å². The summed E-state index contributed by atoms with van der Waals surface area (Å²) in [5, 5.41) is 2.09. The normalized spacial score (nSPS) is 11.0. The molecule has 0 unspecified atom stereocenters. The average Bonchev–Trinajstić information content (AvgIpc) is 2.98. The van der Waals surface area contributed by atoms with Gasteiger partial charge in [0.05, 0.1) is 4.88 Å². The smallest absolute Gasteiger partial charge is 0.107 e. The van der Waals surface area contributed by atoms with Gasteiger partial charge in [0, 0.05) is 12.1 Å². The molecule has 98 valence electrons. The zero-order valence-corrected chi connectivity index (χ0v) is 11.7. The van der Waals surface area contributed by atoms with E-state index in [0.29, 0.717) is 0 Å². The Morgan fingerprint density at radius 1 is 1.28 bits per heavy atom. The van der Waals surface area contributed by atoms with E-state index in [1.165, 1.54) is 29.8 Å². The van der Waals surface area contributed by atoms with E-state index >= 15 is 0 Å². The fourth-order valence-electron chi connectivity index (χ4n) is 2.08. The van der Waals surface area contributed by atoms with Crippen LogP contribution in [0, 0.1) is 6.92 Å². The molecule has 18 heavy (non-hydrogen) atoms. The fraction of sp³-hybridized carbons (Fsp3) is 0.500. The number of H-pyrrole nitrogens is 1. The Hall–Kier alpha value is -1.13. The lowest BCUT2D eigenvalue weighted by Gasteiger charge is -1.97. The first-order valence-electron chi connectivity index (χ1n) is 6.60. The second-order valence-electron chi connectivity index (χ2n) is 4.59. The minimum atomic E-state index is 0.808. The van der Waals surface area contributed by atoms with Gasteiger partial charge in [-0.1, -0.05) is 18.9 Å². The van der Waals surface area contributed by atoms with E-state index in [-0.39, 0.29) is 0 Å². The van der Waals surface area contributed by atoms with E-state index in [0.717, 1.165) is 30.9 Å². The van der Waals surface area contributed by atoms with Crippen LogP contribution in [0.15, 0.2) is 17.5 Å². The number of imidazole rings is 1. The summed E-state index contributed by atoms with van der Waals surface area (Å²) in [6, 6.07) is 4.19. The molecule has 0 spiro atoms. The number of unbranched alkanes of at least 4 members (excludes halogenated alkanes) is 3. The Balaban J connectivity index is 1.89. The third-order valence-corrected chi connectivity index (χ3v) is 3.93. The summed E-state index contributed by atoms with van der Waals surface area (Å²) in [4.78, 5) is 9.34. The van der Waals surface area contributed by atoms with Gasteiger partial charge in [0.15, 0.2) is 0 Å². The molecule has 0 amide bonds. The van der Waals surface area contributed by atoms with Crippen molar-refractivity contribution in [1.82, 2.24) is 9.97 Å². The summed E-state index contributed by atoms with van der Waals surface area (Å²) < 4.78 is 0. The third-order valence-electron chi connectivity index (χ3n) is 3.06. The molecule has 2 heterocycles. The van der Waals surface area contributed by atoms with Crippen LogP contribution >= 0.6 is 11.3 Å². The van der Waals surface area contributed by atoms with Gasteiger partial charge < -0.3 is 10.7 Å². The number of thiophene rings is 1. The average molecular weight is 263 g/mol. The highest BCUT2D eigenvalue weighted by molar-refractivity contribution is 7.13. The minimum Gasteiger partial charge on any atom is -0.346 e. The van der Waals surface area contributed by atoms with Crippen molar-refractivity contribution < 1.29 is 0 Å². The summed E-state index contributed by atoms with van der Waals surface area (Å²) in [7, 11) is 0. The van der Waals surface area contributed by atoms with Gasteiger partial charge in [0.1, 0.15) is 11.5 Å². The highest BCUT2D eigenvalue weighted by atomic mass is 32.1. The van der Waals surface area contributed by atoms with Crippen LogP contribution in [0.2, 0.25) is 0 Å². The maximum absolute atomic E-state index is 5.48. The maximum Gasteiger partial charge on any atom is 0.107 e. The van der Waals surface area contributed by atoms with E-state index in [1.807, 2.05) is 0 Å². The van der Waals surface area contributed by atoms with E-state index < -0.39 is 0 Å². The summed E-state index contributed by atoms with van der Waals surface area (Å²) in [6.45, 7) is 2.91. The van der Waals surface area contributed by atoms with Gasteiger partial charge >= 0.3 is 0 Å². The minimum absolute atomic E-state index is 0.808. The van der Waals surface area contributed by atoms with Crippen molar-refractivity contribution in [3.05, 3.63) is 29.0 Å². The van der Waals surface area contributed by atoms with Crippen LogP contribution in [0.5, 0.6) is 0 Å². The number of rotatable bonds is 7. The summed E-state index contributed by atoms with van der Waals surface area (Å²) >= 11 is 1.74. The molecule has 2 rings (SSSR count). The quantitative estimate of drug-likeness (QED) is 0.751. The van der Waals surface area contributed by atoms with E-state index in [4.69, 9.17) is 10.7 Å². The zero-order valence-electron chi connectivity index (χ0n) is 10.9. The first-order chi connectivity index (χ1) is 8.81. The number of aromatic nitrogens is 2. The van der Waals surface area contributed by atoms with Crippen molar-refractivity contribution in [3.63, 3.8) is 0 Å². The van der Waals surface area contributed by atoms with Gasteiger partial charge in [-0.15, -0.1) is 11.3 Å². The van der Waals surface area contributed by atoms with Gasteiger partial charge in [-0.3, -0.25) is 0 Å². The van der Waals surface area contributed by atoms with Gasteiger partial charge in [0.2, 0.25) is 0 Å². The Bertz CT molecular complexity index is 459. The van der Waals surface area contributed by atoms with E-state index in [2.05, 4.69) is 29.4 Å². The monoisotopic (exact) mass is 263 g/mol. The van der Waals surface area contributed by atoms with Crippen molar-refractivity contribution in [2.24, 2.45) is 5.73 Å². The number of nitrogens with one attached hydrogen (secondary N) is 1. The Labute approximate surface area is 112 Å². The molecular weight excluding hydrogens is 242 g/mol. The van der Waals surface area contributed by atoms with Crippen LogP contribution in [0.1, 0.15) is 37.2 Å². The lowest BCUT2D eigenvalue weighted by atomic mass is 10.1. The van der Waals surface area contributed by atoms with Crippen molar-refractivity contribution in [2.75, 3.05) is 6.54 Å². The predicted octanol–water partition coefficient (Wildman–Crippen LogP) is 3.51. The highest BCUT2D eigenvalue weighted by Gasteiger charge is 2.09. The molecule has 0 fully saturated rings. The number of aryl methyl sites for hydroxylation is 2. The molecule has 0 aliphatic rings. The number of aromatic amines is 1. The van der Waals surface area contributed by atoms with Crippen LogP contribution in [0.4, 0.5) is 0 Å². The molecule has 0 saturated carbocycles. The maximum atomic E-state index is 5.48. The second-order valence-corrected chi connectivity index (χ2v) is 5.53. The highest BCUT2D eigenvalue weighted by Crippen LogP contribution is 2.26. The molecule has 4 heteroatoms. The molecule has 2 aromatic heterocycles. The Morgan fingerprint density at radius 2 is 2.11 bits per heavy atom. The zero-order chi connectivity index (χ0) is 12.8. The van der Waals surface area contributed by atoms with Crippen LogP contribution in [-0.2, 0) is 6.42 Å². The second kappa shape index (κ2) is 6.71. The molecule has 0 aromatic carbocycles. The molecule has 3 nitrogen and oxygen atoms in total. The topological polar surface area (TPSA) is 54.7 Å². The van der Waals surface area contributed by atoms with Crippen LogP contribution < -0.4 is 5.73 Å². The first-order valence-corrected chi connectivity index (χ1v) is 7.48. The molecule has 0 aliphatic carbocycles. The summed E-state index contributed by atoms with van der Waals surface area (Å²) in [6.07, 6.45) is 5.84. The number of nitrogens with two attached hydrogens (primary N) is 1. The SMILES string of the molecule is Cc1[nH]c(CCCCCCN)nc1-c1cccs1. The summed E-state index contributed by atoms with van der Waals surface area (Å²) in [5.41, 5.74) is 7.77. The number of hydrogen-bond acceptors (Lipinski definition) is 3. The van der Waals surface area contributed by atoms with Crippen molar-refractivity contribution in [3.8, 4) is 10.6 Å². The lowest BCUT2D eigenvalue weighted by Crippen LogP contribution is -1.98. The van der Waals surface area contributed by atoms with E-state index in [1.54, 1.807) is 11.3 Å². The van der Waals surface area contributed by atoms with Gasteiger partial charge in [-0.25, -0.2) is 4.98 Å². The molecule has 0 bridgehead atoms. The summed E-state index contributed by atoms with van der Waals surface area (Å²) in [5.74, 6) is 1.11. The molecule has 2 aromatic rings. The first kappa shape index (κ1) is 13.3. The number of hydrogen-bond donors (Lipinski definition) is 2. The lowest BCUT2D eigenvalue weighted by molar-refractivity contribution is 0.637. The van der Waals surface area contributed by atoms with Crippen molar-refractivity contribution >= 4 is 11.3 Å². The van der Waals surface area contributed by atoms with Crippen LogP contribution in [0.3, 0.4) is 0 Å². The molecule has 0 radical (unpaired) electrons. The van der Waals surface area contributed by atoms with Crippen LogP contribution in [0.25, 0.3) is 10.6 Å². The van der Waals surface area contributed by atoms with Gasteiger partial charge in [-0.2, -0.15) is 0 Å². The Morgan fingerprint density at radius 3 is 2.83 bits per heavy atom. The largest absolute Gasteiger partial charge is 0.346 e. The number of nitrogens with zero attached hydrogens (tertiary/aromatic N) is 1. The molecule has 0 aliphatic heterocycles. The third kappa shape index (κ3) is 3.43. The van der Waals surface area contributed by atoms with Gasteiger partial charge in [0.25, 0.3) is 0 Å². The predicted molar refractivity (Wildman–Crippen MR) is 77.9 cm³/mol. The molecule has 0 saturated heterocycles. The standard InChI is InChI=1S/C14H21N3S/c1-11-14(12-7-6-10-18-12)17-13(16-11)8-4-2-3-5-9-15/h6-7,10H,2-5,8-9,15H2,1H3,(H,16,17). The van der Waals surface area contributed by atoms with Crippen molar-refractivity contribution in [1.29, 1.82) is 0 Å².